The molecule has 0 unspecified atom stereocenters. The quantitative estimate of drug-likeness (QED) is 0.639. The van der Waals surface area contributed by atoms with Crippen LogP contribution in [0.2, 0.25) is 0 Å². The Labute approximate surface area is 70.2 Å². The van der Waals surface area contributed by atoms with Crippen LogP contribution in [-0.4, -0.2) is 23.0 Å². The second-order valence-electron chi connectivity index (χ2n) is 2.25. The van der Waals surface area contributed by atoms with Crippen LogP contribution in [0.1, 0.15) is 5.69 Å². The third kappa shape index (κ3) is 2.19. The van der Waals surface area contributed by atoms with Crippen LogP contribution in [-0.2, 0) is 0 Å². The Morgan fingerprint density at radius 3 is 2.83 bits per heavy atom. The molecule has 0 aliphatic heterocycles. The van der Waals surface area contributed by atoms with E-state index in [4.69, 9.17) is 0 Å². The highest BCUT2D eigenvalue weighted by atomic mass is 16.2. The Kier molecular flexibility index (Phi) is 2.57. The second kappa shape index (κ2) is 3.66. The van der Waals surface area contributed by atoms with Gasteiger partial charge < -0.3 is 5.32 Å². The lowest BCUT2D eigenvalue weighted by Gasteiger charge is -2.02. The van der Waals surface area contributed by atoms with E-state index in [0.717, 1.165) is 5.69 Å². The minimum atomic E-state index is -0.296. The molecule has 0 fully saturated rings. The SMILES string of the molecule is CNC(=O)Nc1cncc(C)n1. The largest absolute Gasteiger partial charge is 0.341 e. The molecule has 2 amide bonds. The first kappa shape index (κ1) is 8.45. The van der Waals surface area contributed by atoms with E-state index in [0.29, 0.717) is 5.82 Å². The summed E-state index contributed by atoms with van der Waals surface area (Å²) in [4.78, 5) is 18.7. The minimum absolute atomic E-state index is 0.296. The van der Waals surface area contributed by atoms with Crippen molar-refractivity contribution in [2.75, 3.05) is 12.4 Å². The molecular formula is C7H10N4O. The Morgan fingerprint density at radius 1 is 1.50 bits per heavy atom. The fourth-order valence-corrected chi connectivity index (χ4v) is 0.703. The molecule has 64 valence electrons. The minimum Gasteiger partial charge on any atom is -0.341 e. The normalized spacial score (nSPS) is 9.17. The molecule has 0 aliphatic carbocycles. The van der Waals surface area contributed by atoms with Gasteiger partial charge in [-0.05, 0) is 6.92 Å². The summed E-state index contributed by atoms with van der Waals surface area (Å²) in [6, 6.07) is -0.296. The molecule has 0 saturated heterocycles. The molecule has 0 saturated carbocycles. The summed E-state index contributed by atoms with van der Waals surface area (Å²) in [5, 5.41) is 4.92. The van der Waals surface area contributed by atoms with Gasteiger partial charge in [0.1, 0.15) is 0 Å². The summed E-state index contributed by atoms with van der Waals surface area (Å²) in [6.45, 7) is 1.81. The van der Waals surface area contributed by atoms with Crippen LogP contribution in [0.5, 0.6) is 0 Å². The van der Waals surface area contributed by atoms with Gasteiger partial charge in [-0.3, -0.25) is 10.3 Å². The van der Waals surface area contributed by atoms with Gasteiger partial charge in [0.15, 0.2) is 5.82 Å². The van der Waals surface area contributed by atoms with Gasteiger partial charge in [-0.1, -0.05) is 0 Å². The molecule has 0 bridgehead atoms. The van der Waals surface area contributed by atoms with Crippen LogP contribution in [0.3, 0.4) is 0 Å². The van der Waals surface area contributed by atoms with Gasteiger partial charge in [0.2, 0.25) is 0 Å². The number of hydrogen-bond acceptors (Lipinski definition) is 3. The maximum atomic E-state index is 10.8. The maximum absolute atomic E-state index is 10.8. The van der Waals surface area contributed by atoms with Gasteiger partial charge >= 0.3 is 6.03 Å². The van der Waals surface area contributed by atoms with Crippen LogP contribution < -0.4 is 10.6 Å². The maximum Gasteiger partial charge on any atom is 0.320 e. The third-order valence-electron chi connectivity index (χ3n) is 1.22. The van der Waals surface area contributed by atoms with Crippen molar-refractivity contribution < 1.29 is 4.79 Å². The first-order chi connectivity index (χ1) is 5.72. The van der Waals surface area contributed by atoms with E-state index in [1.54, 1.807) is 13.2 Å². The predicted molar refractivity (Wildman–Crippen MR) is 44.8 cm³/mol. The molecule has 0 aromatic carbocycles. The average Bonchev–Trinajstić information content (AvgIpc) is 2.04. The molecule has 12 heavy (non-hydrogen) atoms. The Balaban J connectivity index is 2.69. The Bertz CT molecular complexity index is 286. The highest BCUT2D eigenvalue weighted by molar-refractivity contribution is 5.87. The van der Waals surface area contributed by atoms with Crippen LogP contribution in [0, 0.1) is 6.92 Å². The molecule has 1 aromatic heterocycles. The molecule has 5 nitrogen and oxygen atoms in total. The predicted octanol–water partition coefficient (Wildman–Crippen LogP) is 0.536. The topological polar surface area (TPSA) is 66.9 Å². The van der Waals surface area contributed by atoms with Gasteiger partial charge in [0, 0.05) is 13.2 Å². The van der Waals surface area contributed by atoms with Crippen molar-refractivity contribution in [2.45, 2.75) is 6.92 Å². The third-order valence-corrected chi connectivity index (χ3v) is 1.22. The monoisotopic (exact) mass is 166 g/mol. The first-order valence-corrected chi connectivity index (χ1v) is 3.50. The number of nitrogens with zero attached hydrogens (tertiary/aromatic N) is 2. The molecule has 0 spiro atoms. The summed E-state index contributed by atoms with van der Waals surface area (Å²) in [5.41, 5.74) is 0.768. The van der Waals surface area contributed by atoms with E-state index in [9.17, 15) is 4.79 Å². The fraction of sp³-hybridized carbons (Fsp3) is 0.286. The van der Waals surface area contributed by atoms with Crippen LogP contribution in [0.4, 0.5) is 10.6 Å². The number of carbonyl (C=O) groups excluding carboxylic acids is 1. The lowest BCUT2D eigenvalue weighted by atomic mass is 10.5. The van der Waals surface area contributed by atoms with E-state index in [1.165, 1.54) is 6.20 Å². The Morgan fingerprint density at radius 2 is 2.25 bits per heavy atom. The van der Waals surface area contributed by atoms with Gasteiger partial charge in [-0.2, -0.15) is 0 Å². The Hall–Kier alpha value is -1.65. The number of aryl methyl sites for hydroxylation is 1. The van der Waals surface area contributed by atoms with Gasteiger partial charge in [-0.15, -0.1) is 0 Å². The van der Waals surface area contributed by atoms with Crippen molar-refractivity contribution in [3.63, 3.8) is 0 Å². The summed E-state index contributed by atoms with van der Waals surface area (Å²) < 4.78 is 0. The molecule has 1 rings (SSSR count). The van der Waals surface area contributed by atoms with Crippen molar-refractivity contribution in [3.8, 4) is 0 Å². The lowest BCUT2D eigenvalue weighted by Crippen LogP contribution is -2.25. The number of hydrogen-bond donors (Lipinski definition) is 2. The number of carbonyl (C=O) groups is 1. The zero-order valence-corrected chi connectivity index (χ0v) is 6.96. The number of rotatable bonds is 1. The number of amides is 2. The fourth-order valence-electron chi connectivity index (χ4n) is 0.703. The number of aromatic nitrogens is 2. The van der Waals surface area contributed by atoms with Crippen LogP contribution in [0.25, 0.3) is 0 Å². The van der Waals surface area contributed by atoms with Crippen molar-refractivity contribution in [1.82, 2.24) is 15.3 Å². The highest BCUT2D eigenvalue weighted by Gasteiger charge is 1.98. The highest BCUT2D eigenvalue weighted by Crippen LogP contribution is 1.99. The molecule has 0 atom stereocenters. The number of urea groups is 1. The number of nitrogens with one attached hydrogen (secondary N) is 2. The van der Waals surface area contributed by atoms with Gasteiger partial charge in [-0.25, -0.2) is 9.78 Å². The lowest BCUT2D eigenvalue weighted by molar-refractivity contribution is 0.254. The van der Waals surface area contributed by atoms with Crippen molar-refractivity contribution >= 4 is 11.8 Å². The average molecular weight is 166 g/mol. The van der Waals surface area contributed by atoms with Gasteiger partial charge in [0.25, 0.3) is 0 Å². The van der Waals surface area contributed by atoms with E-state index < -0.39 is 0 Å². The summed E-state index contributed by atoms with van der Waals surface area (Å²) in [7, 11) is 1.54. The number of anilines is 1. The molecular weight excluding hydrogens is 156 g/mol. The molecule has 0 radical (unpaired) electrons. The van der Waals surface area contributed by atoms with E-state index in [1.807, 2.05) is 6.92 Å². The second-order valence-corrected chi connectivity index (χ2v) is 2.25. The van der Waals surface area contributed by atoms with E-state index in [-0.39, 0.29) is 6.03 Å². The molecule has 1 aromatic rings. The summed E-state index contributed by atoms with van der Waals surface area (Å²) in [6.07, 6.45) is 3.11. The van der Waals surface area contributed by atoms with E-state index >= 15 is 0 Å². The molecule has 2 N–H and O–H groups in total. The van der Waals surface area contributed by atoms with Crippen molar-refractivity contribution in [1.29, 1.82) is 0 Å². The molecule has 5 heteroatoms. The molecule has 0 aliphatic rings. The smallest absolute Gasteiger partial charge is 0.320 e. The summed E-state index contributed by atoms with van der Waals surface area (Å²) in [5.74, 6) is 0.453. The van der Waals surface area contributed by atoms with Gasteiger partial charge in [0.05, 0.1) is 11.9 Å². The van der Waals surface area contributed by atoms with Crippen LogP contribution >= 0.6 is 0 Å². The molecule has 1 heterocycles. The van der Waals surface area contributed by atoms with E-state index in [2.05, 4.69) is 20.6 Å². The standard InChI is InChI=1S/C7H10N4O/c1-5-3-9-4-6(10-5)11-7(12)8-2/h3-4H,1-2H3,(H2,8,10,11,12). The summed E-state index contributed by atoms with van der Waals surface area (Å²) >= 11 is 0. The van der Waals surface area contributed by atoms with Crippen molar-refractivity contribution in [3.05, 3.63) is 18.1 Å². The van der Waals surface area contributed by atoms with Crippen molar-refractivity contribution in [2.24, 2.45) is 0 Å². The van der Waals surface area contributed by atoms with Crippen LogP contribution in [0.15, 0.2) is 12.4 Å². The zero-order valence-electron chi connectivity index (χ0n) is 6.96. The first-order valence-electron chi connectivity index (χ1n) is 3.50. The zero-order chi connectivity index (χ0) is 8.97.